The van der Waals surface area contributed by atoms with Gasteiger partial charge < -0.3 is 15.4 Å². The lowest BCUT2D eigenvalue weighted by Crippen LogP contribution is -2.42. The molecule has 0 spiro atoms. The Labute approximate surface area is 154 Å². The van der Waals surface area contributed by atoms with Crippen molar-refractivity contribution in [2.24, 2.45) is 10.7 Å². The second kappa shape index (κ2) is 8.04. The molecule has 1 saturated heterocycles. The van der Waals surface area contributed by atoms with E-state index in [1.54, 1.807) is 7.11 Å². The van der Waals surface area contributed by atoms with Gasteiger partial charge in [0.1, 0.15) is 11.6 Å². The largest absolute Gasteiger partial charge is 0.497 e. The summed E-state index contributed by atoms with van der Waals surface area (Å²) in [5.41, 5.74) is 9.63. The SMILES string of the molecule is COc1ccc(CN2C(=O)CC[C@H]2C(N)=NCc2ccc(C)cc2)cc1. The fraction of sp³-hybridized carbons (Fsp3) is 0.333. The molecule has 1 fully saturated rings. The second-order valence-electron chi connectivity index (χ2n) is 6.65. The molecular formula is C21H25N3O2. The molecule has 3 rings (SSSR count). The summed E-state index contributed by atoms with van der Waals surface area (Å²) in [7, 11) is 1.64. The Morgan fingerprint density at radius 2 is 1.81 bits per heavy atom. The molecule has 5 heteroatoms. The molecule has 2 aromatic rings. The lowest BCUT2D eigenvalue weighted by Gasteiger charge is -2.24. The quantitative estimate of drug-likeness (QED) is 0.642. The Morgan fingerprint density at radius 1 is 1.15 bits per heavy atom. The fourth-order valence-corrected chi connectivity index (χ4v) is 3.15. The summed E-state index contributed by atoms with van der Waals surface area (Å²) < 4.78 is 5.18. The minimum Gasteiger partial charge on any atom is -0.497 e. The minimum atomic E-state index is -0.130. The standard InChI is InChI=1S/C21H25N3O2/c1-15-3-5-16(6-4-15)13-23-21(22)19-11-12-20(25)24(19)14-17-7-9-18(26-2)10-8-17/h3-10,19H,11-14H2,1-2H3,(H2,22,23)/t19-/m0/s1. The molecule has 1 atom stereocenters. The van der Waals surface area contributed by atoms with Crippen LogP contribution in [0, 0.1) is 6.92 Å². The van der Waals surface area contributed by atoms with Crippen molar-refractivity contribution in [1.29, 1.82) is 0 Å². The van der Waals surface area contributed by atoms with Crippen LogP contribution in [0.4, 0.5) is 0 Å². The van der Waals surface area contributed by atoms with E-state index in [4.69, 9.17) is 10.5 Å². The van der Waals surface area contributed by atoms with Crippen LogP contribution in [0.2, 0.25) is 0 Å². The number of amides is 1. The van der Waals surface area contributed by atoms with Crippen LogP contribution < -0.4 is 10.5 Å². The maximum Gasteiger partial charge on any atom is 0.223 e. The average Bonchev–Trinajstić information content (AvgIpc) is 3.02. The number of carbonyl (C=O) groups excluding carboxylic acids is 1. The number of hydrogen-bond acceptors (Lipinski definition) is 3. The Balaban J connectivity index is 1.69. The van der Waals surface area contributed by atoms with E-state index in [2.05, 4.69) is 36.2 Å². The Hall–Kier alpha value is -2.82. The number of benzene rings is 2. The molecule has 2 aromatic carbocycles. The molecule has 2 N–H and O–H groups in total. The van der Waals surface area contributed by atoms with Crippen molar-refractivity contribution in [2.75, 3.05) is 7.11 Å². The zero-order valence-corrected chi connectivity index (χ0v) is 15.3. The van der Waals surface area contributed by atoms with Gasteiger partial charge in [-0.3, -0.25) is 9.79 Å². The molecule has 0 unspecified atom stereocenters. The summed E-state index contributed by atoms with van der Waals surface area (Å²) in [6, 6.07) is 15.9. The van der Waals surface area contributed by atoms with E-state index in [1.807, 2.05) is 29.2 Å². The molecule has 1 amide bonds. The number of amidine groups is 1. The van der Waals surface area contributed by atoms with Crippen LogP contribution in [0.25, 0.3) is 0 Å². The molecule has 5 nitrogen and oxygen atoms in total. The molecule has 1 aliphatic rings. The molecule has 1 heterocycles. The van der Waals surface area contributed by atoms with Gasteiger partial charge in [0, 0.05) is 13.0 Å². The van der Waals surface area contributed by atoms with Crippen LogP contribution in [0.3, 0.4) is 0 Å². The topological polar surface area (TPSA) is 67.9 Å². The van der Waals surface area contributed by atoms with Crippen LogP contribution >= 0.6 is 0 Å². The highest BCUT2D eigenvalue weighted by Crippen LogP contribution is 2.23. The molecule has 1 aliphatic heterocycles. The van der Waals surface area contributed by atoms with Gasteiger partial charge in [0.25, 0.3) is 0 Å². The lowest BCUT2D eigenvalue weighted by atomic mass is 10.1. The van der Waals surface area contributed by atoms with E-state index in [0.29, 0.717) is 25.3 Å². The maximum atomic E-state index is 12.3. The molecular weight excluding hydrogens is 326 g/mol. The zero-order chi connectivity index (χ0) is 18.5. The predicted molar refractivity (Wildman–Crippen MR) is 103 cm³/mol. The molecule has 26 heavy (non-hydrogen) atoms. The number of aryl methyl sites for hydroxylation is 1. The van der Waals surface area contributed by atoms with Gasteiger partial charge in [-0.15, -0.1) is 0 Å². The normalized spacial score (nSPS) is 17.6. The first-order valence-electron chi connectivity index (χ1n) is 8.84. The number of nitrogens with two attached hydrogens (primary N) is 1. The summed E-state index contributed by atoms with van der Waals surface area (Å²) in [5.74, 6) is 1.46. The van der Waals surface area contributed by atoms with Crippen molar-refractivity contribution in [2.45, 2.75) is 38.9 Å². The molecule has 0 aromatic heterocycles. The van der Waals surface area contributed by atoms with E-state index >= 15 is 0 Å². The summed E-state index contributed by atoms with van der Waals surface area (Å²) in [5, 5.41) is 0. The van der Waals surface area contributed by atoms with Crippen molar-refractivity contribution in [3.8, 4) is 5.75 Å². The first-order valence-corrected chi connectivity index (χ1v) is 8.84. The van der Waals surface area contributed by atoms with Crippen LogP contribution in [0.5, 0.6) is 5.75 Å². The highest BCUT2D eigenvalue weighted by molar-refractivity contribution is 5.93. The minimum absolute atomic E-state index is 0.124. The number of hydrogen-bond donors (Lipinski definition) is 1. The molecule has 0 radical (unpaired) electrons. The van der Waals surface area contributed by atoms with E-state index in [9.17, 15) is 4.79 Å². The first-order chi connectivity index (χ1) is 12.6. The second-order valence-corrected chi connectivity index (χ2v) is 6.65. The molecule has 0 saturated carbocycles. The number of likely N-dealkylation sites (tertiary alicyclic amines) is 1. The fourth-order valence-electron chi connectivity index (χ4n) is 3.15. The third-order valence-electron chi connectivity index (χ3n) is 4.75. The summed E-state index contributed by atoms with van der Waals surface area (Å²) >= 11 is 0. The Bertz CT molecular complexity index is 782. The zero-order valence-electron chi connectivity index (χ0n) is 15.3. The van der Waals surface area contributed by atoms with E-state index in [0.717, 1.165) is 23.3 Å². The van der Waals surface area contributed by atoms with E-state index in [1.165, 1.54) is 5.56 Å². The van der Waals surface area contributed by atoms with Crippen LogP contribution in [0.15, 0.2) is 53.5 Å². The van der Waals surface area contributed by atoms with Gasteiger partial charge in [-0.25, -0.2) is 0 Å². The Kier molecular flexibility index (Phi) is 5.56. The van der Waals surface area contributed by atoms with Gasteiger partial charge in [-0.1, -0.05) is 42.0 Å². The number of carbonyl (C=O) groups is 1. The number of nitrogens with zero attached hydrogens (tertiary/aromatic N) is 2. The van der Waals surface area contributed by atoms with Gasteiger partial charge in [0.2, 0.25) is 5.91 Å². The molecule has 136 valence electrons. The van der Waals surface area contributed by atoms with Crippen molar-refractivity contribution in [1.82, 2.24) is 4.90 Å². The van der Waals surface area contributed by atoms with Crippen LogP contribution in [-0.4, -0.2) is 29.8 Å². The van der Waals surface area contributed by atoms with Crippen molar-refractivity contribution in [3.63, 3.8) is 0 Å². The molecule has 0 bridgehead atoms. The van der Waals surface area contributed by atoms with Gasteiger partial charge >= 0.3 is 0 Å². The predicted octanol–water partition coefficient (Wildman–Crippen LogP) is 3.05. The van der Waals surface area contributed by atoms with Crippen molar-refractivity contribution < 1.29 is 9.53 Å². The third-order valence-corrected chi connectivity index (χ3v) is 4.75. The van der Waals surface area contributed by atoms with Gasteiger partial charge in [0.05, 0.1) is 19.7 Å². The monoisotopic (exact) mass is 351 g/mol. The van der Waals surface area contributed by atoms with Gasteiger partial charge in [-0.2, -0.15) is 0 Å². The average molecular weight is 351 g/mol. The molecule has 0 aliphatic carbocycles. The van der Waals surface area contributed by atoms with Crippen molar-refractivity contribution in [3.05, 3.63) is 65.2 Å². The van der Waals surface area contributed by atoms with Gasteiger partial charge in [0.15, 0.2) is 0 Å². The van der Waals surface area contributed by atoms with Gasteiger partial charge in [-0.05, 0) is 36.6 Å². The number of ether oxygens (including phenoxy) is 1. The highest BCUT2D eigenvalue weighted by Gasteiger charge is 2.33. The van der Waals surface area contributed by atoms with Crippen molar-refractivity contribution >= 4 is 11.7 Å². The van der Waals surface area contributed by atoms with Crippen LogP contribution in [0.1, 0.15) is 29.5 Å². The summed E-state index contributed by atoms with van der Waals surface area (Å²) in [4.78, 5) is 18.7. The summed E-state index contributed by atoms with van der Waals surface area (Å²) in [6.45, 7) is 3.13. The highest BCUT2D eigenvalue weighted by atomic mass is 16.5. The summed E-state index contributed by atoms with van der Waals surface area (Å²) in [6.07, 6.45) is 1.24. The number of methoxy groups -OCH3 is 1. The lowest BCUT2D eigenvalue weighted by molar-refractivity contribution is -0.128. The first kappa shape index (κ1) is 18.0. The number of aliphatic imine (C=N–C) groups is 1. The van der Waals surface area contributed by atoms with E-state index < -0.39 is 0 Å². The maximum absolute atomic E-state index is 12.3. The van der Waals surface area contributed by atoms with E-state index in [-0.39, 0.29) is 11.9 Å². The smallest absolute Gasteiger partial charge is 0.223 e. The third kappa shape index (κ3) is 4.23. The van der Waals surface area contributed by atoms with Crippen LogP contribution in [-0.2, 0) is 17.9 Å². The number of rotatable bonds is 6. The Morgan fingerprint density at radius 3 is 2.46 bits per heavy atom.